The van der Waals surface area contributed by atoms with E-state index in [0.717, 1.165) is 24.5 Å². The van der Waals surface area contributed by atoms with Crippen LogP contribution in [-0.4, -0.2) is 21.5 Å². The third-order valence-electron chi connectivity index (χ3n) is 2.90. The van der Waals surface area contributed by atoms with E-state index in [-0.39, 0.29) is 0 Å². The van der Waals surface area contributed by atoms with E-state index in [4.69, 9.17) is 5.73 Å². The smallest absolute Gasteiger partial charge is 0.137 e. The van der Waals surface area contributed by atoms with Crippen molar-refractivity contribution in [2.45, 2.75) is 20.4 Å². The van der Waals surface area contributed by atoms with Gasteiger partial charge in [0.1, 0.15) is 18.0 Å². The molecule has 2 rings (SSSR count). The topological polar surface area (TPSA) is 67.9 Å². The first-order valence-electron chi connectivity index (χ1n) is 5.93. The fraction of sp³-hybridized carbons (Fsp3) is 0.308. The fourth-order valence-corrected chi connectivity index (χ4v) is 1.82. The summed E-state index contributed by atoms with van der Waals surface area (Å²) < 4.78 is 0. The fourth-order valence-electron chi connectivity index (χ4n) is 1.82. The molecule has 2 N–H and O–H groups in total. The van der Waals surface area contributed by atoms with E-state index in [2.05, 4.69) is 26.8 Å². The summed E-state index contributed by atoms with van der Waals surface area (Å²) in [5.74, 6) is 1.43. The Bertz CT molecular complexity index is 512. The van der Waals surface area contributed by atoms with Crippen molar-refractivity contribution in [2.24, 2.45) is 0 Å². The number of pyridine rings is 1. The number of nitrogen functional groups attached to an aromatic ring is 1. The molecule has 18 heavy (non-hydrogen) atoms. The van der Waals surface area contributed by atoms with Crippen molar-refractivity contribution in [3.8, 4) is 0 Å². The molecule has 0 spiro atoms. The highest BCUT2D eigenvalue weighted by molar-refractivity contribution is 5.55. The Morgan fingerprint density at radius 3 is 2.61 bits per heavy atom. The molecule has 0 bridgehead atoms. The molecule has 0 aromatic carbocycles. The molecule has 0 aliphatic carbocycles. The molecule has 94 valence electrons. The van der Waals surface area contributed by atoms with Crippen LogP contribution in [0.4, 0.5) is 11.6 Å². The molecule has 0 saturated heterocycles. The van der Waals surface area contributed by atoms with Crippen molar-refractivity contribution in [3.63, 3.8) is 0 Å². The first kappa shape index (κ1) is 12.3. The molecular weight excluding hydrogens is 226 g/mol. The minimum Gasteiger partial charge on any atom is -0.383 e. The molecule has 0 amide bonds. The Morgan fingerprint density at radius 2 is 1.94 bits per heavy atom. The monoisotopic (exact) mass is 243 g/mol. The van der Waals surface area contributed by atoms with Gasteiger partial charge in [-0.3, -0.25) is 4.98 Å². The molecule has 5 nitrogen and oxygen atoms in total. The van der Waals surface area contributed by atoms with Gasteiger partial charge in [-0.05, 0) is 31.5 Å². The second kappa shape index (κ2) is 5.44. The van der Waals surface area contributed by atoms with Crippen LogP contribution >= 0.6 is 0 Å². The van der Waals surface area contributed by atoms with Gasteiger partial charge in [0, 0.05) is 31.0 Å². The van der Waals surface area contributed by atoms with Gasteiger partial charge in [0.15, 0.2) is 0 Å². The highest BCUT2D eigenvalue weighted by atomic mass is 15.2. The second-order valence-corrected chi connectivity index (χ2v) is 4.08. The van der Waals surface area contributed by atoms with Crippen LogP contribution in [0, 0.1) is 6.92 Å². The minimum absolute atomic E-state index is 0.535. The van der Waals surface area contributed by atoms with Gasteiger partial charge in [-0.2, -0.15) is 0 Å². The van der Waals surface area contributed by atoms with Gasteiger partial charge in [-0.25, -0.2) is 9.97 Å². The normalized spacial score (nSPS) is 10.3. The number of rotatable bonds is 4. The van der Waals surface area contributed by atoms with Crippen molar-refractivity contribution in [2.75, 3.05) is 17.2 Å². The Hall–Kier alpha value is -2.17. The first-order chi connectivity index (χ1) is 8.72. The van der Waals surface area contributed by atoms with Crippen LogP contribution in [0.3, 0.4) is 0 Å². The van der Waals surface area contributed by atoms with Crippen LogP contribution < -0.4 is 10.6 Å². The third-order valence-corrected chi connectivity index (χ3v) is 2.90. The van der Waals surface area contributed by atoms with E-state index in [1.54, 1.807) is 12.4 Å². The summed E-state index contributed by atoms with van der Waals surface area (Å²) in [6.07, 6.45) is 5.10. The molecule has 0 fully saturated rings. The van der Waals surface area contributed by atoms with Crippen LogP contribution in [0.1, 0.15) is 18.1 Å². The zero-order chi connectivity index (χ0) is 13.0. The summed E-state index contributed by atoms with van der Waals surface area (Å²) in [6.45, 7) is 5.69. The molecule has 0 unspecified atom stereocenters. The lowest BCUT2D eigenvalue weighted by Crippen LogP contribution is -2.24. The van der Waals surface area contributed by atoms with Gasteiger partial charge in [-0.1, -0.05) is 0 Å². The van der Waals surface area contributed by atoms with Crippen LogP contribution in [-0.2, 0) is 6.54 Å². The number of hydrogen-bond donors (Lipinski definition) is 1. The van der Waals surface area contributed by atoms with Gasteiger partial charge in [0.05, 0.1) is 0 Å². The minimum atomic E-state index is 0.535. The van der Waals surface area contributed by atoms with Crippen molar-refractivity contribution < 1.29 is 0 Å². The molecule has 5 heteroatoms. The Labute approximate surface area is 107 Å². The van der Waals surface area contributed by atoms with E-state index in [9.17, 15) is 0 Å². The van der Waals surface area contributed by atoms with E-state index in [0.29, 0.717) is 5.82 Å². The molecule has 0 saturated carbocycles. The molecule has 0 atom stereocenters. The maximum absolute atomic E-state index is 5.82. The Kier molecular flexibility index (Phi) is 3.72. The number of aromatic nitrogens is 3. The summed E-state index contributed by atoms with van der Waals surface area (Å²) in [5.41, 5.74) is 7.94. The summed E-state index contributed by atoms with van der Waals surface area (Å²) in [5, 5.41) is 0. The summed E-state index contributed by atoms with van der Waals surface area (Å²) in [4.78, 5) is 14.5. The standard InChI is InChI=1S/C13H17N5/c1-3-18(8-11-4-6-15-7-5-11)13-10(2)12(14)16-9-17-13/h4-7,9H,3,8H2,1-2H3,(H2,14,16,17). The van der Waals surface area contributed by atoms with Crippen LogP contribution in [0.2, 0.25) is 0 Å². The van der Waals surface area contributed by atoms with Gasteiger partial charge in [-0.15, -0.1) is 0 Å². The number of nitrogens with two attached hydrogens (primary N) is 1. The quantitative estimate of drug-likeness (QED) is 0.886. The average molecular weight is 243 g/mol. The van der Waals surface area contributed by atoms with Crippen LogP contribution in [0.25, 0.3) is 0 Å². The molecule has 0 radical (unpaired) electrons. The summed E-state index contributed by atoms with van der Waals surface area (Å²) in [7, 11) is 0. The summed E-state index contributed by atoms with van der Waals surface area (Å²) in [6, 6.07) is 4.01. The van der Waals surface area contributed by atoms with Crippen molar-refractivity contribution in [1.82, 2.24) is 15.0 Å². The van der Waals surface area contributed by atoms with Gasteiger partial charge in [0.2, 0.25) is 0 Å². The van der Waals surface area contributed by atoms with E-state index in [1.165, 1.54) is 11.9 Å². The lowest BCUT2D eigenvalue weighted by atomic mass is 10.2. The number of nitrogens with zero attached hydrogens (tertiary/aromatic N) is 4. The molecule has 0 aliphatic heterocycles. The van der Waals surface area contributed by atoms with Gasteiger partial charge >= 0.3 is 0 Å². The van der Waals surface area contributed by atoms with Crippen molar-refractivity contribution in [1.29, 1.82) is 0 Å². The summed E-state index contributed by atoms with van der Waals surface area (Å²) >= 11 is 0. The van der Waals surface area contributed by atoms with Crippen LogP contribution in [0.15, 0.2) is 30.9 Å². The largest absolute Gasteiger partial charge is 0.383 e. The maximum atomic E-state index is 5.82. The highest BCUT2D eigenvalue weighted by Crippen LogP contribution is 2.21. The SMILES string of the molecule is CCN(Cc1ccncc1)c1ncnc(N)c1C. The molecule has 0 aliphatic rings. The first-order valence-corrected chi connectivity index (χ1v) is 5.93. The Morgan fingerprint density at radius 1 is 1.22 bits per heavy atom. The maximum Gasteiger partial charge on any atom is 0.137 e. The second-order valence-electron chi connectivity index (χ2n) is 4.08. The Balaban J connectivity index is 2.26. The number of anilines is 2. The van der Waals surface area contributed by atoms with Gasteiger partial charge < -0.3 is 10.6 Å². The number of hydrogen-bond acceptors (Lipinski definition) is 5. The van der Waals surface area contributed by atoms with Crippen LogP contribution in [0.5, 0.6) is 0 Å². The van der Waals surface area contributed by atoms with E-state index < -0.39 is 0 Å². The zero-order valence-electron chi connectivity index (χ0n) is 10.7. The lowest BCUT2D eigenvalue weighted by Gasteiger charge is -2.23. The van der Waals surface area contributed by atoms with Gasteiger partial charge in [0.25, 0.3) is 0 Å². The predicted octanol–water partition coefficient (Wildman–Crippen LogP) is 1.79. The molecule has 2 aromatic rings. The van der Waals surface area contributed by atoms with E-state index >= 15 is 0 Å². The predicted molar refractivity (Wildman–Crippen MR) is 72.1 cm³/mol. The highest BCUT2D eigenvalue weighted by Gasteiger charge is 2.11. The van der Waals surface area contributed by atoms with Crippen molar-refractivity contribution >= 4 is 11.6 Å². The van der Waals surface area contributed by atoms with Crippen molar-refractivity contribution in [3.05, 3.63) is 42.0 Å². The lowest BCUT2D eigenvalue weighted by molar-refractivity contribution is 0.804. The molecular formula is C13H17N5. The average Bonchev–Trinajstić information content (AvgIpc) is 2.41. The van der Waals surface area contributed by atoms with E-state index in [1.807, 2.05) is 19.1 Å². The molecule has 2 heterocycles. The zero-order valence-corrected chi connectivity index (χ0v) is 10.7. The third kappa shape index (κ3) is 2.56. The molecule has 2 aromatic heterocycles.